The van der Waals surface area contributed by atoms with E-state index in [1.54, 1.807) is 16.8 Å². The quantitative estimate of drug-likeness (QED) is 0.695. The number of likely N-dealkylation sites (N-methyl/N-ethyl adjacent to an activating group) is 1. The summed E-state index contributed by atoms with van der Waals surface area (Å²) in [6, 6.07) is 6.23. The second-order valence-corrected chi connectivity index (χ2v) is 9.09. The molecule has 1 aromatic rings. The van der Waals surface area contributed by atoms with E-state index in [9.17, 15) is 14.4 Å². The first-order chi connectivity index (χ1) is 14.3. The standard InChI is InChI=1S/C23H27N3O4/c1-14-4-5-16(10-15(14)2)11-26-13-23-7-6-17(30-23)19(20(23)22(26)29)21(28)25-9-8-24(3)18(27)12-25/h4-7,10,17,19-20H,8-9,11-13H2,1-3H3/t17-,19-,20-,23-/m0/s1. The Morgan fingerprint density at radius 3 is 2.73 bits per heavy atom. The second kappa shape index (κ2) is 6.67. The van der Waals surface area contributed by atoms with Gasteiger partial charge in [-0.2, -0.15) is 0 Å². The molecule has 4 atom stereocenters. The van der Waals surface area contributed by atoms with Crippen molar-refractivity contribution in [1.82, 2.24) is 14.7 Å². The van der Waals surface area contributed by atoms with Crippen LogP contribution in [-0.2, 0) is 25.7 Å². The van der Waals surface area contributed by atoms with Crippen molar-refractivity contribution in [3.05, 3.63) is 47.0 Å². The van der Waals surface area contributed by atoms with Gasteiger partial charge in [-0.05, 0) is 30.5 Å². The van der Waals surface area contributed by atoms with Gasteiger partial charge in [0.2, 0.25) is 17.7 Å². The van der Waals surface area contributed by atoms with E-state index in [0.29, 0.717) is 26.2 Å². The molecule has 3 amide bonds. The first-order valence-corrected chi connectivity index (χ1v) is 10.5. The van der Waals surface area contributed by atoms with E-state index in [-0.39, 0.29) is 30.4 Å². The van der Waals surface area contributed by atoms with Crippen LogP contribution >= 0.6 is 0 Å². The van der Waals surface area contributed by atoms with Crippen molar-refractivity contribution in [2.45, 2.75) is 32.1 Å². The molecule has 7 heteroatoms. The van der Waals surface area contributed by atoms with Gasteiger partial charge in [0.15, 0.2) is 0 Å². The molecular formula is C23H27N3O4. The van der Waals surface area contributed by atoms with Crippen LogP contribution in [0, 0.1) is 25.7 Å². The molecule has 0 aromatic heterocycles. The Morgan fingerprint density at radius 1 is 1.20 bits per heavy atom. The fourth-order valence-electron chi connectivity index (χ4n) is 5.27. The number of likely N-dealkylation sites (tertiary alicyclic amines) is 1. The van der Waals surface area contributed by atoms with Crippen LogP contribution in [0.1, 0.15) is 16.7 Å². The topological polar surface area (TPSA) is 70.2 Å². The summed E-state index contributed by atoms with van der Waals surface area (Å²) >= 11 is 0. The molecule has 4 aliphatic rings. The Balaban J connectivity index is 1.38. The number of benzene rings is 1. The number of ether oxygens (including phenoxy) is 1. The Kier molecular flexibility index (Phi) is 4.29. The predicted molar refractivity (Wildman–Crippen MR) is 109 cm³/mol. The molecule has 3 saturated heterocycles. The number of amides is 3. The number of fused-ring (bicyclic) bond motifs is 1. The van der Waals surface area contributed by atoms with Crippen molar-refractivity contribution in [2.24, 2.45) is 11.8 Å². The molecule has 0 unspecified atom stereocenters. The van der Waals surface area contributed by atoms with Gasteiger partial charge < -0.3 is 19.4 Å². The number of aryl methyl sites for hydroxylation is 2. The lowest BCUT2D eigenvalue weighted by atomic mass is 9.76. The van der Waals surface area contributed by atoms with Gasteiger partial charge in [0.1, 0.15) is 5.60 Å². The minimum atomic E-state index is -0.724. The van der Waals surface area contributed by atoms with Crippen LogP contribution in [0.2, 0.25) is 0 Å². The molecule has 0 N–H and O–H groups in total. The van der Waals surface area contributed by atoms with Gasteiger partial charge in [0.25, 0.3) is 0 Å². The lowest BCUT2D eigenvalue weighted by Gasteiger charge is -2.35. The Morgan fingerprint density at radius 2 is 2.00 bits per heavy atom. The summed E-state index contributed by atoms with van der Waals surface area (Å²) in [4.78, 5) is 43.9. The molecule has 0 aliphatic carbocycles. The van der Waals surface area contributed by atoms with Crippen molar-refractivity contribution in [2.75, 3.05) is 33.2 Å². The van der Waals surface area contributed by atoms with Crippen LogP contribution in [-0.4, -0.2) is 77.4 Å². The number of hydrogen-bond acceptors (Lipinski definition) is 4. The summed E-state index contributed by atoms with van der Waals surface area (Å²) in [7, 11) is 1.74. The number of rotatable bonds is 3. The number of nitrogens with zero attached hydrogens (tertiary/aromatic N) is 3. The fraction of sp³-hybridized carbons (Fsp3) is 0.522. The number of carbonyl (C=O) groups excluding carboxylic acids is 3. The Labute approximate surface area is 176 Å². The molecule has 1 spiro atoms. The van der Waals surface area contributed by atoms with E-state index < -0.39 is 17.4 Å². The zero-order valence-electron chi connectivity index (χ0n) is 17.6. The summed E-state index contributed by atoms with van der Waals surface area (Å²) in [6.45, 7) is 6.19. The molecule has 5 rings (SSSR count). The smallest absolute Gasteiger partial charge is 0.241 e. The molecule has 0 saturated carbocycles. The average molecular weight is 409 g/mol. The zero-order chi connectivity index (χ0) is 21.2. The lowest BCUT2D eigenvalue weighted by Crippen LogP contribution is -2.54. The molecule has 2 bridgehead atoms. The van der Waals surface area contributed by atoms with Gasteiger partial charge in [-0.15, -0.1) is 0 Å². The first kappa shape index (κ1) is 19.3. The van der Waals surface area contributed by atoms with Crippen LogP contribution in [0.3, 0.4) is 0 Å². The van der Waals surface area contributed by atoms with Crippen LogP contribution < -0.4 is 0 Å². The van der Waals surface area contributed by atoms with Crippen molar-refractivity contribution in [3.8, 4) is 0 Å². The normalized spacial score (nSPS) is 32.4. The maximum atomic E-state index is 13.4. The number of carbonyl (C=O) groups is 3. The highest BCUT2D eigenvalue weighted by Crippen LogP contribution is 2.52. The van der Waals surface area contributed by atoms with Crippen molar-refractivity contribution < 1.29 is 19.1 Å². The van der Waals surface area contributed by atoms with Gasteiger partial charge in [-0.3, -0.25) is 14.4 Å². The van der Waals surface area contributed by atoms with E-state index in [4.69, 9.17) is 4.74 Å². The molecule has 0 radical (unpaired) electrons. The predicted octanol–water partition coefficient (Wildman–Crippen LogP) is 0.886. The molecule has 30 heavy (non-hydrogen) atoms. The van der Waals surface area contributed by atoms with Crippen LogP contribution in [0.15, 0.2) is 30.4 Å². The van der Waals surface area contributed by atoms with E-state index in [0.717, 1.165) is 5.56 Å². The van der Waals surface area contributed by atoms with E-state index in [1.165, 1.54) is 11.1 Å². The van der Waals surface area contributed by atoms with E-state index >= 15 is 0 Å². The zero-order valence-corrected chi connectivity index (χ0v) is 17.6. The maximum absolute atomic E-state index is 13.4. The van der Waals surface area contributed by atoms with Gasteiger partial charge in [0, 0.05) is 26.7 Å². The maximum Gasteiger partial charge on any atom is 0.241 e. The second-order valence-electron chi connectivity index (χ2n) is 9.09. The van der Waals surface area contributed by atoms with Gasteiger partial charge >= 0.3 is 0 Å². The highest BCUT2D eigenvalue weighted by atomic mass is 16.5. The number of hydrogen-bond donors (Lipinski definition) is 0. The van der Waals surface area contributed by atoms with Crippen LogP contribution in [0.25, 0.3) is 0 Å². The average Bonchev–Trinajstić information content (AvgIpc) is 3.35. The highest BCUT2D eigenvalue weighted by molar-refractivity contribution is 5.94. The van der Waals surface area contributed by atoms with Crippen molar-refractivity contribution in [1.29, 1.82) is 0 Å². The van der Waals surface area contributed by atoms with Crippen LogP contribution in [0.5, 0.6) is 0 Å². The molecule has 7 nitrogen and oxygen atoms in total. The minimum absolute atomic E-state index is 0.0288. The molecule has 4 aliphatic heterocycles. The molecule has 3 fully saturated rings. The fourth-order valence-corrected chi connectivity index (χ4v) is 5.27. The van der Waals surface area contributed by atoms with Crippen molar-refractivity contribution >= 4 is 17.7 Å². The molecule has 4 heterocycles. The highest BCUT2D eigenvalue weighted by Gasteiger charge is 2.67. The third kappa shape index (κ3) is 2.79. The molecule has 1 aromatic carbocycles. The summed E-state index contributed by atoms with van der Waals surface area (Å²) in [6.07, 6.45) is 3.51. The van der Waals surface area contributed by atoms with Gasteiger partial charge in [0.05, 0.1) is 31.0 Å². The van der Waals surface area contributed by atoms with Crippen molar-refractivity contribution in [3.63, 3.8) is 0 Å². The van der Waals surface area contributed by atoms with Gasteiger partial charge in [-0.25, -0.2) is 0 Å². The lowest BCUT2D eigenvalue weighted by molar-refractivity contribution is -0.149. The Hall–Kier alpha value is -2.67. The monoisotopic (exact) mass is 409 g/mol. The van der Waals surface area contributed by atoms with Gasteiger partial charge in [-0.1, -0.05) is 30.4 Å². The first-order valence-electron chi connectivity index (χ1n) is 10.5. The van der Waals surface area contributed by atoms with Crippen LogP contribution in [0.4, 0.5) is 0 Å². The Bertz CT molecular complexity index is 973. The SMILES string of the molecule is Cc1ccc(CN2C[C@]34C=C[C@H](O3)[C@H](C(=O)N3CCN(C)C(=O)C3)[C@H]4C2=O)cc1C. The molecule has 158 valence electrons. The third-order valence-electron chi connectivity index (χ3n) is 7.18. The number of piperazine rings is 1. The summed E-state index contributed by atoms with van der Waals surface area (Å²) < 4.78 is 6.22. The van der Waals surface area contributed by atoms with E-state index in [1.807, 2.05) is 23.1 Å². The largest absolute Gasteiger partial charge is 0.360 e. The minimum Gasteiger partial charge on any atom is -0.360 e. The molecular weight excluding hydrogens is 382 g/mol. The summed E-state index contributed by atoms with van der Waals surface area (Å²) in [5.74, 6) is -1.30. The summed E-state index contributed by atoms with van der Waals surface area (Å²) in [5, 5.41) is 0. The third-order valence-corrected chi connectivity index (χ3v) is 7.18. The van der Waals surface area contributed by atoms with E-state index in [2.05, 4.69) is 26.0 Å². The summed E-state index contributed by atoms with van der Waals surface area (Å²) in [5.41, 5.74) is 2.77.